The molecule has 2 rings (SSSR count). The molecule has 4 heteroatoms. The van der Waals surface area contributed by atoms with Gasteiger partial charge < -0.3 is 9.84 Å². The Morgan fingerprint density at radius 2 is 2.12 bits per heavy atom. The zero-order valence-electron chi connectivity index (χ0n) is 10.1. The van der Waals surface area contributed by atoms with Gasteiger partial charge in [-0.1, -0.05) is 12.1 Å². The standard InChI is InChI=1S/C13H17NO3/c1-9(14-8-7-12(14)13(15)16)10-3-5-11(17-2)6-4-10/h3-6,9,12H,7-8H2,1-2H3,(H,15,16). The average Bonchev–Trinajstić information content (AvgIpc) is 2.27. The van der Waals surface area contributed by atoms with Crippen LogP contribution in [0.2, 0.25) is 0 Å². The molecule has 0 amide bonds. The number of carboxylic acid groups (broad SMARTS) is 1. The van der Waals surface area contributed by atoms with E-state index in [1.807, 2.05) is 36.1 Å². The van der Waals surface area contributed by atoms with Crippen molar-refractivity contribution >= 4 is 5.97 Å². The lowest BCUT2D eigenvalue weighted by atomic mass is 9.96. The Labute approximate surface area is 101 Å². The molecule has 1 aliphatic heterocycles. The van der Waals surface area contributed by atoms with Gasteiger partial charge >= 0.3 is 5.97 Å². The van der Waals surface area contributed by atoms with Gasteiger partial charge in [0.15, 0.2) is 0 Å². The van der Waals surface area contributed by atoms with E-state index >= 15 is 0 Å². The molecule has 1 fully saturated rings. The second kappa shape index (κ2) is 4.75. The van der Waals surface area contributed by atoms with Crippen LogP contribution >= 0.6 is 0 Å². The van der Waals surface area contributed by atoms with Gasteiger partial charge in [-0.25, -0.2) is 0 Å². The first-order valence-electron chi connectivity index (χ1n) is 5.76. The first kappa shape index (κ1) is 11.9. The first-order valence-corrected chi connectivity index (χ1v) is 5.76. The molecule has 0 radical (unpaired) electrons. The minimum atomic E-state index is -0.725. The molecule has 2 unspecified atom stereocenters. The fourth-order valence-corrected chi connectivity index (χ4v) is 2.21. The Morgan fingerprint density at radius 1 is 1.47 bits per heavy atom. The maximum atomic E-state index is 11.0. The summed E-state index contributed by atoms with van der Waals surface area (Å²) >= 11 is 0. The van der Waals surface area contributed by atoms with E-state index in [0.717, 1.165) is 24.3 Å². The van der Waals surface area contributed by atoms with Crippen LogP contribution in [-0.2, 0) is 4.79 Å². The Kier molecular flexibility index (Phi) is 3.33. The summed E-state index contributed by atoms with van der Waals surface area (Å²) < 4.78 is 5.10. The number of aliphatic carboxylic acids is 1. The van der Waals surface area contributed by atoms with Crippen molar-refractivity contribution in [3.05, 3.63) is 29.8 Å². The summed E-state index contributed by atoms with van der Waals surface area (Å²) in [5.74, 6) is 0.0935. The van der Waals surface area contributed by atoms with Crippen LogP contribution in [-0.4, -0.2) is 35.7 Å². The van der Waals surface area contributed by atoms with Crippen molar-refractivity contribution in [2.75, 3.05) is 13.7 Å². The van der Waals surface area contributed by atoms with Crippen molar-refractivity contribution in [1.82, 2.24) is 4.90 Å². The van der Waals surface area contributed by atoms with Crippen molar-refractivity contribution in [3.63, 3.8) is 0 Å². The summed E-state index contributed by atoms with van der Waals surface area (Å²) in [6.07, 6.45) is 0.746. The summed E-state index contributed by atoms with van der Waals surface area (Å²) in [6, 6.07) is 7.59. The summed E-state index contributed by atoms with van der Waals surface area (Å²) in [5, 5.41) is 9.02. The van der Waals surface area contributed by atoms with Crippen molar-refractivity contribution in [1.29, 1.82) is 0 Å². The Balaban J connectivity index is 2.08. The zero-order chi connectivity index (χ0) is 12.4. The fourth-order valence-electron chi connectivity index (χ4n) is 2.21. The normalized spacial score (nSPS) is 21.6. The molecule has 92 valence electrons. The average molecular weight is 235 g/mol. The quantitative estimate of drug-likeness (QED) is 0.866. The van der Waals surface area contributed by atoms with Crippen LogP contribution < -0.4 is 4.74 Å². The third-order valence-electron chi connectivity index (χ3n) is 3.44. The molecule has 1 aromatic rings. The Bertz CT molecular complexity index is 402. The second-order valence-electron chi connectivity index (χ2n) is 4.33. The van der Waals surface area contributed by atoms with Gasteiger partial charge in [-0.3, -0.25) is 9.69 Å². The number of nitrogens with zero attached hydrogens (tertiary/aromatic N) is 1. The highest BCUT2D eigenvalue weighted by molar-refractivity contribution is 5.74. The topological polar surface area (TPSA) is 49.8 Å². The Morgan fingerprint density at radius 3 is 2.53 bits per heavy atom. The lowest BCUT2D eigenvalue weighted by Gasteiger charge is -2.42. The number of ether oxygens (including phenoxy) is 1. The van der Waals surface area contributed by atoms with Crippen LogP contribution in [0.5, 0.6) is 5.75 Å². The molecule has 4 nitrogen and oxygen atoms in total. The van der Waals surface area contributed by atoms with E-state index in [9.17, 15) is 4.79 Å². The van der Waals surface area contributed by atoms with E-state index in [4.69, 9.17) is 9.84 Å². The number of hydrogen-bond acceptors (Lipinski definition) is 3. The fraction of sp³-hybridized carbons (Fsp3) is 0.462. The van der Waals surface area contributed by atoms with Crippen LogP contribution in [0.1, 0.15) is 24.9 Å². The third-order valence-corrected chi connectivity index (χ3v) is 3.44. The van der Waals surface area contributed by atoms with Crippen LogP contribution in [0, 0.1) is 0 Å². The lowest BCUT2D eigenvalue weighted by molar-refractivity contribution is -0.150. The largest absolute Gasteiger partial charge is 0.497 e. The molecular formula is C13H17NO3. The SMILES string of the molecule is COc1ccc(C(C)N2CCC2C(=O)O)cc1. The smallest absolute Gasteiger partial charge is 0.320 e. The predicted molar refractivity (Wildman–Crippen MR) is 64.2 cm³/mol. The molecular weight excluding hydrogens is 218 g/mol. The third kappa shape index (κ3) is 2.26. The van der Waals surface area contributed by atoms with E-state index < -0.39 is 5.97 Å². The van der Waals surface area contributed by atoms with Gasteiger partial charge in [-0.15, -0.1) is 0 Å². The number of likely N-dealkylation sites (tertiary alicyclic amines) is 1. The number of hydrogen-bond donors (Lipinski definition) is 1. The number of methoxy groups -OCH3 is 1. The molecule has 1 N–H and O–H groups in total. The molecule has 2 atom stereocenters. The van der Waals surface area contributed by atoms with Gasteiger partial charge in [0.2, 0.25) is 0 Å². The molecule has 1 aliphatic rings. The molecule has 1 aromatic carbocycles. The molecule has 0 saturated carbocycles. The van der Waals surface area contributed by atoms with Gasteiger partial charge in [0.25, 0.3) is 0 Å². The predicted octanol–water partition coefficient (Wildman–Crippen LogP) is 1.92. The number of carboxylic acids is 1. The summed E-state index contributed by atoms with van der Waals surface area (Å²) in [6.45, 7) is 2.89. The van der Waals surface area contributed by atoms with E-state index in [2.05, 4.69) is 0 Å². The number of benzene rings is 1. The Hall–Kier alpha value is -1.55. The molecule has 1 heterocycles. The molecule has 0 spiro atoms. The van der Waals surface area contributed by atoms with E-state index in [1.54, 1.807) is 7.11 Å². The van der Waals surface area contributed by atoms with Gasteiger partial charge in [0.05, 0.1) is 7.11 Å². The minimum Gasteiger partial charge on any atom is -0.497 e. The van der Waals surface area contributed by atoms with Gasteiger partial charge in [-0.05, 0) is 31.0 Å². The molecule has 1 saturated heterocycles. The number of rotatable bonds is 4. The van der Waals surface area contributed by atoms with Crippen LogP contribution in [0.4, 0.5) is 0 Å². The monoisotopic (exact) mass is 235 g/mol. The van der Waals surface area contributed by atoms with Crippen LogP contribution in [0.25, 0.3) is 0 Å². The lowest BCUT2D eigenvalue weighted by Crippen LogP contribution is -2.53. The highest BCUT2D eigenvalue weighted by Gasteiger charge is 2.37. The highest BCUT2D eigenvalue weighted by Crippen LogP contribution is 2.30. The first-order chi connectivity index (χ1) is 8.13. The molecule has 0 bridgehead atoms. The maximum Gasteiger partial charge on any atom is 0.320 e. The summed E-state index contributed by atoms with van der Waals surface area (Å²) in [5.41, 5.74) is 1.12. The van der Waals surface area contributed by atoms with Crippen molar-refractivity contribution in [3.8, 4) is 5.75 Å². The van der Waals surface area contributed by atoms with Crippen molar-refractivity contribution in [2.45, 2.75) is 25.4 Å². The van der Waals surface area contributed by atoms with E-state index in [0.29, 0.717) is 0 Å². The molecule has 0 aromatic heterocycles. The van der Waals surface area contributed by atoms with E-state index in [-0.39, 0.29) is 12.1 Å². The number of carbonyl (C=O) groups is 1. The molecule has 0 aliphatic carbocycles. The second-order valence-corrected chi connectivity index (χ2v) is 4.33. The summed E-state index contributed by atoms with van der Waals surface area (Å²) in [4.78, 5) is 13.0. The summed E-state index contributed by atoms with van der Waals surface area (Å²) in [7, 11) is 1.63. The van der Waals surface area contributed by atoms with Gasteiger partial charge in [0, 0.05) is 12.6 Å². The van der Waals surface area contributed by atoms with Crippen LogP contribution in [0.15, 0.2) is 24.3 Å². The van der Waals surface area contributed by atoms with Crippen molar-refractivity contribution in [2.24, 2.45) is 0 Å². The van der Waals surface area contributed by atoms with Crippen molar-refractivity contribution < 1.29 is 14.6 Å². The molecule has 17 heavy (non-hydrogen) atoms. The van der Waals surface area contributed by atoms with Gasteiger partial charge in [0.1, 0.15) is 11.8 Å². The highest BCUT2D eigenvalue weighted by atomic mass is 16.5. The van der Waals surface area contributed by atoms with E-state index in [1.165, 1.54) is 0 Å². The van der Waals surface area contributed by atoms with Gasteiger partial charge in [-0.2, -0.15) is 0 Å². The zero-order valence-corrected chi connectivity index (χ0v) is 10.1. The van der Waals surface area contributed by atoms with Crippen LogP contribution in [0.3, 0.4) is 0 Å². The minimum absolute atomic E-state index is 0.135. The maximum absolute atomic E-state index is 11.0.